The smallest absolute Gasteiger partial charge is 0.390 e. The van der Waals surface area contributed by atoms with Crippen molar-refractivity contribution in [3.05, 3.63) is 260 Å². The molecule has 0 saturated heterocycles. The molecule has 0 aliphatic carbocycles. The van der Waals surface area contributed by atoms with Gasteiger partial charge in [0.2, 0.25) is 29.5 Å². The molecular formula is C67H74N12O9S2. The minimum absolute atomic E-state index is 0.0228. The average Bonchev–Trinajstić information content (AvgIpc) is 0.928. The first kappa shape index (κ1) is 66.5. The zero-order chi connectivity index (χ0) is 63.4. The molecule has 8 aromatic rings. The van der Waals surface area contributed by atoms with Gasteiger partial charge in [-0.1, -0.05) is 192 Å². The lowest BCUT2D eigenvalue weighted by Crippen LogP contribution is -2.47. The number of thioether (sulfide) groups is 2. The quantitative estimate of drug-likeness (QED) is 0.0106. The first-order valence-electron chi connectivity index (χ1n) is 29.9. The first-order chi connectivity index (χ1) is 43.9. The van der Waals surface area contributed by atoms with E-state index in [0.29, 0.717) is 43.9 Å². The molecule has 5 amide bonds. The summed E-state index contributed by atoms with van der Waals surface area (Å²) in [6, 6.07) is 61.1. The molecule has 2 aromatic heterocycles. The van der Waals surface area contributed by atoms with E-state index in [1.807, 2.05) is 114 Å². The Morgan fingerprint density at radius 1 is 0.467 bits per heavy atom. The highest BCUT2D eigenvalue weighted by molar-refractivity contribution is 8.00. The molecule has 1 atom stereocenters. The lowest BCUT2D eigenvalue weighted by molar-refractivity contribution is -0.396. The molecule has 0 saturated carbocycles. The van der Waals surface area contributed by atoms with E-state index >= 15 is 0 Å². The second kappa shape index (κ2) is 34.3. The molecule has 2 heterocycles. The van der Waals surface area contributed by atoms with Gasteiger partial charge in [-0.05, 0) is 68.9 Å². The van der Waals surface area contributed by atoms with Crippen LogP contribution in [0.4, 0.5) is 11.9 Å². The van der Waals surface area contributed by atoms with Crippen LogP contribution in [0.1, 0.15) is 71.9 Å². The molecule has 5 N–H and O–H groups in total. The third kappa shape index (κ3) is 18.6. The molecule has 8 rings (SSSR count). The lowest BCUT2D eigenvalue weighted by Gasteiger charge is -2.36. The van der Waals surface area contributed by atoms with Crippen molar-refractivity contribution in [3.8, 4) is 0 Å². The molecule has 0 fully saturated rings. The van der Waals surface area contributed by atoms with Crippen LogP contribution < -0.4 is 26.6 Å². The SMILES string of the molecule is O=C(CCn1ccnc1[N+](=O)[O-])NCCCC[C@H](NC(=O)CCn1ccnc1[N+](=O)[O-])C(=O)NCCCNC(=O)CN(CCSC(c1ccccc1)(c1ccccc1)c1ccccc1)CC(=O)NCCSC(c1ccccc1)(c1ccccc1)c1ccccc1. The largest absolute Gasteiger partial charge is 0.434 e. The highest BCUT2D eigenvalue weighted by Gasteiger charge is 2.38. The standard InChI is InChI=1S/C67H74N12O9S2/c80-59(35-43-76-45-40-72-64(76)78(85)86)68-37-20-19-34-58(74-60(81)36-44-77-46-41-73-65(77)79(87)88)63(84)71-39-21-38-69-61(82)50-75(47-49-90-67(55-28-13-4-14-29-55,56-30-15-5-16-31-56)57-32-17-6-18-33-57)51-62(83)70-42-48-89-66(52-22-7-1-8-23-52,53-24-9-2-10-25-53)54-26-11-3-12-27-54/h1-18,22-33,40-41,45-46,58H,19-21,34-39,42-44,47-51H2,(H,68,80)(H,69,82)(H,70,83)(H,71,84)(H,74,81)/t58-/m0/s1. The van der Waals surface area contributed by atoms with Crippen molar-refractivity contribution in [2.24, 2.45) is 0 Å². The van der Waals surface area contributed by atoms with E-state index in [0.717, 1.165) is 33.4 Å². The van der Waals surface area contributed by atoms with Crippen LogP contribution in [0.3, 0.4) is 0 Å². The number of unbranched alkanes of at least 4 members (excludes halogenated alkanes) is 1. The van der Waals surface area contributed by atoms with Crippen molar-refractivity contribution in [2.75, 3.05) is 57.3 Å². The monoisotopic (exact) mass is 1250 g/mol. The fraction of sp³-hybridized carbons (Fsp3) is 0.299. The molecule has 468 valence electrons. The predicted molar refractivity (Wildman–Crippen MR) is 349 cm³/mol. The Labute approximate surface area is 531 Å². The van der Waals surface area contributed by atoms with Gasteiger partial charge in [-0.2, -0.15) is 0 Å². The molecule has 21 nitrogen and oxygen atoms in total. The Morgan fingerprint density at radius 3 is 1.26 bits per heavy atom. The predicted octanol–water partition coefficient (Wildman–Crippen LogP) is 8.64. The molecule has 90 heavy (non-hydrogen) atoms. The van der Waals surface area contributed by atoms with E-state index in [2.05, 4.69) is 109 Å². The normalized spacial score (nSPS) is 11.7. The van der Waals surface area contributed by atoms with Gasteiger partial charge in [-0.3, -0.25) is 28.9 Å². The number of carbonyl (C=O) groups is 5. The van der Waals surface area contributed by atoms with Crippen LogP contribution in [0.25, 0.3) is 0 Å². The summed E-state index contributed by atoms with van der Waals surface area (Å²) in [6.45, 7) is 1.17. The maximum atomic E-state index is 14.2. The summed E-state index contributed by atoms with van der Waals surface area (Å²) in [6.07, 6.45) is 6.52. The number of benzene rings is 6. The number of nitrogens with one attached hydrogen (secondary N) is 5. The number of nitro groups is 2. The highest BCUT2D eigenvalue weighted by atomic mass is 32.2. The van der Waals surface area contributed by atoms with Crippen molar-refractivity contribution >= 4 is 65.0 Å². The summed E-state index contributed by atoms with van der Waals surface area (Å²) in [4.78, 5) is 98.3. The number of amides is 5. The Morgan fingerprint density at radius 2 is 0.833 bits per heavy atom. The fourth-order valence-corrected chi connectivity index (χ4v) is 13.7. The molecule has 0 spiro atoms. The summed E-state index contributed by atoms with van der Waals surface area (Å²) in [5.74, 6) is -1.56. The summed E-state index contributed by atoms with van der Waals surface area (Å²) in [5.41, 5.74) is 6.60. The lowest BCUT2D eigenvalue weighted by atomic mass is 9.84. The van der Waals surface area contributed by atoms with Crippen molar-refractivity contribution in [3.63, 3.8) is 0 Å². The van der Waals surface area contributed by atoms with Crippen LogP contribution in [0, 0.1) is 20.2 Å². The third-order valence-corrected chi connectivity index (χ3v) is 18.1. The number of hydrogen-bond acceptors (Lipinski definition) is 14. The Bertz CT molecular complexity index is 3380. The number of hydrogen-bond donors (Lipinski definition) is 5. The second-order valence-corrected chi connectivity index (χ2v) is 23.8. The van der Waals surface area contributed by atoms with Gasteiger partial charge < -0.3 is 46.8 Å². The van der Waals surface area contributed by atoms with Crippen molar-refractivity contribution in [2.45, 2.75) is 67.2 Å². The summed E-state index contributed by atoms with van der Waals surface area (Å²) in [7, 11) is 0. The van der Waals surface area contributed by atoms with Gasteiger partial charge in [0, 0.05) is 44.2 Å². The van der Waals surface area contributed by atoms with E-state index in [1.165, 1.54) is 33.9 Å². The number of imidazole rings is 2. The van der Waals surface area contributed by atoms with Crippen LogP contribution in [-0.4, -0.2) is 127 Å². The molecule has 0 bridgehead atoms. The van der Waals surface area contributed by atoms with Gasteiger partial charge in [-0.25, -0.2) is 9.13 Å². The second-order valence-electron chi connectivity index (χ2n) is 21.1. The van der Waals surface area contributed by atoms with Gasteiger partial charge in [0.1, 0.15) is 30.8 Å². The van der Waals surface area contributed by atoms with E-state index in [4.69, 9.17) is 0 Å². The summed E-state index contributed by atoms with van der Waals surface area (Å²) >= 11 is 3.49. The van der Waals surface area contributed by atoms with E-state index in [1.54, 1.807) is 23.5 Å². The summed E-state index contributed by atoms with van der Waals surface area (Å²) in [5, 5.41) is 37.2. The maximum absolute atomic E-state index is 14.2. The molecule has 0 unspecified atom stereocenters. The molecule has 0 radical (unpaired) electrons. The van der Waals surface area contributed by atoms with E-state index in [9.17, 15) is 44.2 Å². The summed E-state index contributed by atoms with van der Waals surface area (Å²) < 4.78 is 1.30. The molecule has 23 heteroatoms. The van der Waals surface area contributed by atoms with Crippen molar-refractivity contribution in [1.29, 1.82) is 0 Å². The molecular weight excluding hydrogens is 1180 g/mol. The third-order valence-electron chi connectivity index (χ3n) is 15.0. The minimum atomic E-state index is -0.998. The van der Waals surface area contributed by atoms with Gasteiger partial charge >= 0.3 is 11.9 Å². The van der Waals surface area contributed by atoms with Crippen LogP contribution >= 0.6 is 23.5 Å². The highest BCUT2D eigenvalue weighted by Crippen LogP contribution is 2.49. The van der Waals surface area contributed by atoms with Crippen LogP contribution in [0.2, 0.25) is 0 Å². The molecule has 0 aliphatic heterocycles. The van der Waals surface area contributed by atoms with Crippen molar-refractivity contribution < 1.29 is 33.8 Å². The minimum Gasteiger partial charge on any atom is -0.390 e. The zero-order valence-electron chi connectivity index (χ0n) is 49.8. The molecule has 0 aliphatic rings. The van der Waals surface area contributed by atoms with Gasteiger partial charge in [-0.15, -0.1) is 23.5 Å². The van der Waals surface area contributed by atoms with Crippen LogP contribution in [-0.2, 0) is 46.6 Å². The topological polar surface area (TPSA) is 271 Å². The number of nitrogens with zero attached hydrogens (tertiary/aromatic N) is 7. The fourth-order valence-electron chi connectivity index (χ4n) is 10.7. The Balaban J connectivity index is 0.896. The first-order valence-corrected chi connectivity index (χ1v) is 31.9. The van der Waals surface area contributed by atoms with Gasteiger partial charge in [0.05, 0.1) is 48.5 Å². The zero-order valence-corrected chi connectivity index (χ0v) is 51.5. The number of rotatable bonds is 37. The molecule has 6 aromatic carbocycles. The van der Waals surface area contributed by atoms with Gasteiger partial charge in [0.25, 0.3) is 0 Å². The average molecular weight is 1260 g/mol. The Hall–Kier alpha value is -9.45. The van der Waals surface area contributed by atoms with Crippen molar-refractivity contribution in [1.82, 2.24) is 50.6 Å². The number of aryl methyl sites for hydroxylation is 2. The number of carbonyl (C=O) groups excluding carboxylic acids is 5. The van der Waals surface area contributed by atoms with E-state index in [-0.39, 0.29) is 88.7 Å². The van der Waals surface area contributed by atoms with Gasteiger partial charge in [0.15, 0.2) is 0 Å². The van der Waals surface area contributed by atoms with Crippen LogP contribution in [0.5, 0.6) is 0 Å². The van der Waals surface area contributed by atoms with Crippen LogP contribution in [0.15, 0.2) is 207 Å². The maximum Gasteiger partial charge on any atom is 0.434 e. The number of aromatic nitrogens is 4. The Kier molecular flexibility index (Phi) is 25.4. The van der Waals surface area contributed by atoms with E-state index < -0.39 is 43.1 Å².